The Labute approximate surface area is 166 Å². The molecule has 2 aliphatic heterocycles. The maximum Gasteiger partial charge on any atom is 0.251 e. The second-order valence-electron chi connectivity index (χ2n) is 6.94. The molecule has 2 heterocycles. The summed E-state index contributed by atoms with van der Waals surface area (Å²) in [5.41, 5.74) is 0.583. The van der Waals surface area contributed by atoms with Crippen molar-refractivity contribution in [3.8, 4) is 0 Å². The largest absolute Gasteiger partial charge is 0.394 e. The summed E-state index contributed by atoms with van der Waals surface area (Å²) in [5.74, 6) is -0.176. The zero-order chi connectivity index (χ0) is 18.5. The molecule has 0 radical (unpaired) electrons. The molecule has 1 aromatic rings. The first-order valence-electron chi connectivity index (χ1n) is 9.18. The first kappa shape index (κ1) is 22.1. The standard InChI is InChI=1S/C19H28N2O5.ClH/c1-25-12-14-8-5-9-21(14)17-15(26-16(11-22)18(17)23)10-20-19(24)13-6-3-2-4-7-13;/h2-4,6-7,14-18,22-23H,5,8-12H2,1H3,(H,20,24);1H/t14-,15-,16+,17+,18-;/m1./s1. The van der Waals surface area contributed by atoms with Crippen LogP contribution in [0.5, 0.6) is 0 Å². The van der Waals surface area contributed by atoms with Gasteiger partial charge >= 0.3 is 0 Å². The molecule has 3 N–H and O–H groups in total. The molecule has 7 nitrogen and oxygen atoms in total. The minimum atomic E-state index is -0.795. The van der Waals surface area contributed by atoms with E-state index in [4.69, 9.17) is 9.47 Å². The zero-order valence-electron chi connectivity index (χ0n) is 15.5. The van der Waals surface area contributed by atoms with E-state index in [1.807, 2.05) is 18.2 Å². The predicted molar refractivity (Wildman–Crippen MR) is 103 cm³/mol. The summed E-state index contributed by atoms with van der Waals surface area (Å²) in [7, 11) is 1.67. The fraction of sp³-hybridized carbons (Fsp3) is 0.632. The van der Waals surface area contributed by atoms with Gasteiger partial charge in [-0.15, -0.1) is 12.4 Å². The van der Waals surface area contributed by atoms with E-state index in [1.165, 1.54) is 0 Å². The third-order valence-electron chi connectivity index (χ3n) is 5.31. The first-order chi connectivity index (χ1) is 12.7. The van der Waals surface area contributed by atoms with E-state index in [1.54, 1.807) is 19.2 Å². The second kappa shape index (κ2) is 10.4. The summed E-state index contributed by atoms with van der Waals surface area (Å²) in [5, 5.41) is 23.1. The Morgan fingerprint density at radius 2 is 2.07 bits per heavy atom. The number of rotatable bonds is 7. The van der Waals surface area contributed by atoms with Crippen LogP contribution in [0.3, 0.4) is 0 Å². The summed E-state index contributed by atoms with van der Waals surface area (Å²) in [6, 6.07) is 8.94. The smallest absolute Gasteiger partial charge is 0.251 e. The maximum atomic E-state index is 12.3. The van der Waals surface area contributed by atoms with Gasteiger partial charge in [0.25, 0.3) is 5.91 Å². The number of likely N-dealkylation sites (tertiary alicyclic amines) is 1. The van der Waals surface area contributed by atoms with Crippen LogP contribution in [0.1, 0.15) is 23.2 Å². The molecule has 152 valence electrons. The van der Waals surface area contributed by atoms with E-state index in [0.717, 1.165) is 19.4 Å². The molecule has 2 saturated heterocycles. The number of hydrogen-bond acceptors (Lipinski definition) is 6. The molecule has 5 atom stereocenters. The van der Waals surface area contributed by atoms with Crippen LogP contribution in [0, 0.1) is 0 Å². The van der Waals surface area contributed by atoms with Crippen molar-refractivity contribution in [2.24, 2.45) is 0 Å². The van der Waals surface area contributed by atoms with E-state index in [9.17, 15) is 15.0 Å². The predicted octanol–water partition coefficient (Wildman–Crippen LogP) is 0.438. The minimum absolute atomic E-state index is 0. The highest BCUT2D eigenvalue weighted by Crippen LogP contribution is 2.31. The number of carbonyl (C=O) groups excluding carboxylic acids is 1. The molecular formula is C19H29ClN2O5. The van der Waals surface area contributed by atoms with E-state index < -0.39 is 12.2 Å². The Hall–Kier alpha value is -1.22. The van der Waals surface area contributed by atoms with Crippen molar-refractivity contribution in [3.05, 3.63) is 35.9 Å². The van der Waals surface area contributed by atoms with Gasteiger partial charge in [-0.25, -0.2) is 0 Å². The van der Waals surface area contributed by atoms with E-state index in [0.29, 0.717) is 12.2 Å². The molecule has 0 bridgehead atoms. The summed E-state index contributed by atoms with van der Waals surface area (Å²) in [4.78, 5) is 14.5. The van der Waals surface area contributed by atoms with Gasteiger partial charge in [-0.05, 0) is 31.5 Å². The van der Waals surface area contributed by atoms with Gasteiger partial charge in [-0.3, -0.25) is 9.69 Å². The number of benzene rings is 1. The van der Waals surface area contributed by atoms with Crippen LogP contribution >= 0.6 is 12.4 Å². The Kier molecular flexibility index (Phi) is 8.47. The summed E-state index contributed by atoms with van der Waals surface area (Å²) < 4.78 is 11.2. The number of nitrogens with one attached hydrogen (secondary N) is 1. The van der Waals surface area contributed by atoms with E-state index in [-0.39, 0.29) is 49.7 Å². The van der Waals surface area contributed by atoms with Gasteiger partial charge in [-0.1, -0.05) is 18.2 Å². The molecule has 0 aliphatic carbocycles. The molecule has 1 aromatic carbocycles. The average molecular weight is 401 g/mol. The number of carbonyl (C=O) groups is 1. The number of methoxy groups -OCH3 is 1. The van der Waals surface area contributed by atoms with Gasteiger partial charge in [0, 0.05) is 25.3 Å². The molecule has 2 fully saturated rings. The van der Waals surface area contributed by atoms with Crippen molar-refractivity contribution in [2.75, 3.05) is 33.4 Å². The van der Waals surface area contributed by atoms with Crippen molar-refractivity contribution in [1.29, 1.82) is 0 Å². The Morgan fingerprint density at radius 1 is 1.33 bits per heavy atom. The lowest BCUT2D eigenvalue weighted by atomic mass is 10.0. The summed E-state index contributed by atoms with van der Waals surface area (Å²) >= 11 is 0. The van der Waals surface area contributed by atoms with Crippen LogP contribution in [-0.2, 0) is 9.47 Å². The summed E-state index contributed by atoms with van der Waals surface area (Å²) in [6.45, 7) is 1.47. The molecule has 0 aromatic heterocycles. The van der Waals surface area contributed by atoms with Gasteiger partial charge in [0.05, 0.1) is 25.4 Å². The SMILES string of the molecule is COC[C@H]1CCCN1[C@@H]1[C@H](O)[C@H](CO)O[C@@H]1CNC(=O)c1ccccc1.Cl. The van der Waals surface area contributed by atoms with Crippen molar-refractivity contribution in [3.63, 3.8) is 0 Å². The minimum Gasteiger partial charge on any atom is -0.394 e. The molecule has 0 unspecified atom stereocenters. The number of nitrogens with zero attached hydrogens (tertiary/aromatic N) is 1. The third-order valence-corrected chi connectivity index (χ3v) is 5.31. The second-order valence-corrected chi connectivity index (χ2v) is 6.94. The van der Waals surface area contributed by atoms with Gasteiger partial charge in [-0.2, -0.15) is 0 Å². The van der Waals surface area contributed by atoms with Gasteiger partial charge in [0.15, 0.2) is 0 Å². The van der Waals surface area contributed by atoms with Crippen LogP contribution in [0.4, 0.5) is 0 Å². The Balaban J connectivity index is 0.00000261. The van der Waals surface area contributed by atoms with Crippen LogP contribution in [0.2, 0.25) is 0 Å². The van der Waals surface area contributed by atoms with Crippen LogP contribution in [0.15, 0.2) is 30.3 Å². The molecule has 0 saturated carbocycles. The monoisotopic (exact) mass is 400 g/mol. The van der Waals surface area contributed by atoms with Crippen LogP contribution < -0.4 is 5.32 Å². The van der Waals surface area contributed by atoms with Crippen molar-refractivity contribution in [1.82, 2.24) is 10.2 Å². The number of aliphatic hydroxyl groups is 2. The highest BCUT2D eigenvalue weighted by Gasteiger charge is 2.48. The fourth-order valence-electron chi connectivity index (χ4n) is 4.06. The lowest BCUT2D eigenvalue weighted by Gasteiger charge is -2.34. The van der Waals surface area contributed by atoms with Gasteiger partial charge in [0.2, 0.25) is 0 Å². The van der Waals surface area contributed by atoms with Crippen LogP contribution in [0.25, 0.3) is 0 Å². The topological polar surface area (TPSA) is 91.3 Å². The third kappa shape index (κ3) is 4.99. The number of ether oxygens (including phenoxy) is 2. The quantitative estimate of drug-likeness (QED) is 0.615. The van der Waals surface area contributed by atoms with E-state index in [2.05, 4.69) is 10.2 Å². The summed E-state index contributed by atoms with van der Waals surface area (Å²) in [6.07, 6.45) is 0.222. The van der Waals surface area contributed by atoms with Crippen molar-refractivity contribution >= 4 is 18.3 Å². The Morgan fingerprint density at radius 3 is 2.74 bits per heavy atom. The molecule has 1 amide bonds. The first-order valence-corrected chi connectivity index (χ1v) is 9.18. The maximum absolute atomic E-state index is 12.3. The molecule has 27 heavy (non-hydrogen) atoms. The zero-order valence-corrected chi connectivity index (χ0v) is 16.3. The molecule has 2 aliphatic rings. The van der Waals surface area contributed by atoms with Gasteiger partial charge in [0.1, 0.15) is 12.2 Å². The average Bonchev–Trinajstić information content (AvgIpc) is 3.24. The fourth-order valence-corrected chi connectivity index (χ4v) is 4.06. The number of hydrogen-bond donors (Lipinski definition) is 3. The lowest BCUT2D eigenvalue weighted by molar-refractivity contribution is -0.0209. The Bertz CT molecular complexity index is 591. The number of amides is 1. The lowest BCUT2D eigenvalue weighted by Crippen LogP contribution is -2.53. The molecule has 0 spiro atoms. The highest BCUT2D eigenvalue weighted by atomic mass is 35.5. The molecule has 3 rings (SSSR count). The van der Waals surface area contributed by atoms with Crippen molar-refractivity contribution in [2.45, 2.75) is 43.2 Å². The molecule has 8 heteroatoms. The van der Waals surface area contributed by atoms with Crippen LogP contribution in [-0.4, -0.2) is 84.8 Å². The van der Waals surface area contributed by atoms with E-state index >= 15 is 0 Å². The number of aliphatic hydroxyl groups excluding tert-OH is 2. The number of halogens is 1. The normalized spacial score (nSPS) is 30.9. The van der Waals surface area contributed by atoms with Crippen molar-refractivity contribution < 1.29 is 24.5 Å². The van der Waals surface area contributed by atoms with Gasteiger partial charge < -0.3 is 25.0 Å². The molecular weight excluding hydrogens is 372 g/mol. The highest BCUT2D eigenvalue weighted by molar-refractivity contribution is 5.94.